The van der Waals surface area contributed by atoms with Crippen LogP contribution >= 0.6 is 27.5 Å². The second-order valence-electron chi connectivity index (χ2n) is 2.82. The number of benzene rings is 1. The van der Waals surface area contributed by atoms with Crippen molar-refractivity contribution in [3.8, 4) is 6.07 Å². The number of rotatable bonds is 3. The Bertz CT molecular complexity index is 394. The predicted molar refractivity (Wildman–Crippen MR) is 61.7 cm³/mol. The minimum Gasteiger partial charge on any atom is -0.351 e. The molecule has 0 atom stereocenters. The molecule has 1 aromatic carbocycles. The molecule has 0 saturated carbocycles. The Morgan fingerprint density at radius 2 is 2.27 bits per heavy atom. The Labute approximate surface area is 101 Å². The molecule has 15 heavy (non-hydrogen) atoms. The van der Waals surface area contributed by atoms with Crippen LogP contribution in [0.1, 0.15) is 16.8 Å². The molecule has 78 valence electrons. The SMILES string of the molecule is N#CCCNC(=O)c1cc(Cl)cc(Br)c1. The molecule has 1 N–H and O–H groups in total. The van der Waals surface area contributed by atoms with Gasteiger partial charge in [-0.25, -0.2) is 0 Å². The van der Waals surface area contributed by atoms with Crippen molar-refractivity contribution in [3.63, 3.8) is 0 Å². The Kier molecular flexibility index (Phi) is 4.60. The molecule has 0 spiro atoms. The van der Waals surface area contributed by atoms with Crippen molar-refractivity contribution in [2.24, 2.45) is 0 Å². The Hall–Kier alpha value is -1.05. The smallest absolute Gasteiger partial charge is 0.251 e. The van der Waals surface area contributed by atoms with E-state index >= 15 is 0 Å². The molecule has 5 heteroatoms. The van der Waals surface area contributed by atoms with E-state index in [1.165, 1.54) is 0 Å². The highest BCUT2D eigenvalue weighted by atomic mass is 79.9. The van der Waals surface area contributed by atoms with Crippen LogP contribution in [0.25, 0.3) is 0 Å². The third-order valence-corrected chi connectivity index (χ3v) is 2.32. The summed E-state index contributed by atoms with van der Waals surface area (Å²) in [6, 6.07) is 6.90. The third kappa shape index (κ3) is 3.90. The molecule has 0 heterocycles. The fourth-order valence-corrected chi connectivity index (χ4v) is 1.88. The average Bonchev–Trinajstić information content (AvgIpc) is 2.16. The first-order valence-corrected chi connectivity index (χ1v) is 5.42. The Morgan fingerprint density at radius 1 is 1.53 bits per heavy atom. The zero-order valence-electron chi connectivity index (χ0n) is 7.76. The molecular formula is C10H8BrClN2O. The molecule has 0 aliphatic rings. The summed E-state index contributed by atoms with van der Waals surface area (Å²) in [6.45, 7) is 0.347. The maximum Gasteiger partial charge on any atom is 0.251 e. The van der Waals surface area contributed by atoms with E-state index in [0.717, 1.165) is 4.47 Å². The Morgan fingerprint density at radius 3 is 2.87 bits per heavy atom. The number of nitriles is 1. The second-order valence-corrected chi connectivity index (χ2v) is 4.17. The average molecular weight is 288 g/mol. The van der Waals surface area contributed by atoms with Crippen molar-refractivity contribution < 1.29 is 4.79 Å². The van der Waals surface area contributed by atoms with Gasteiger partial charge in [-0.15, -0.1) is 0 Å². The fourth-order valence-electron chi connectivity index (χ4n) is 1.02. The molecule has 0 bridgehead atoms. The normalized spacial score (nSPS) is 9.40. The van der Waals surface area contributed by atoms with Crippen LogP contribution in [0.4, 0.5) is 0 Å². The van der Waals surface area contributed by atoms with Gasteiger partial charge < -0.3 is 5.32 Å². The zero-order chi connectivity index (χ0) is 11.3. The lowest BCUT2D eigenvalue weighted by atomic mass is 10.2. The van der Waals surface area contributed by atoms with Crippen molar-refractivity contribution in [2.75, 3.05) is 6.54 Å². The first-order chi connectivity index (χ1) is 7.13. The zero-order valence-corrected chi connectivity index (χ0v) is 10.1. The van der Waals surface area contributed by atoms with Crippen LogP contribution < -0.4 is 5.32 Å². The summed E-state index contributed by atoms with van der Waals surface area (Å²) in [5.41, 5.74) is 0.479. The molecule has 0 radical (unpaired) electrons. The van der Waals surface area contributed by atoms with Crippen LogP contribution in [0.15, 0.2) is 22.7 Å². The van der Waals surface area contributed by atoms with E-state index in [4.69, 9.17) is 16.9 Å². The molecule has 1 amide bonds. The van der Waals surface area contributed by atoms with Gasteiger partial charge in [0.15, 0.2) is 0 Å². The number of hydrogen-bond acceptors (Lipinski definition) is 2. The topological polar surface area (TPSA) is 52.9 Å². The first kappa shape index (κ1) is 12.0. The van der Waals surface area contributed by atoms with E-state index in [9.17, 15) is 4.79 Å². The largest absolute Gasteiger partial charge is 0.351 e. The van der Waals surface area contributed by atoms with Crippen LogP contribution in [-0.4, -0.2) is 12.5 Å². The van der Waals surface area contributed by atoms with Gasteiger partial charge in [-0.2, -0.15) is 5.26 Å². The minimum atomic E-state index is -0.228. The molecule has 0 aliphatic heterocycles. The van der Waals surface area contributed by atoms with Crippen molar-refractivity contribution in [1.29, 1.82) is 5.26 Å². The standard InChI is InChI=1S/C10H8BrClN2O/c11-8-4-7(5-9(12)6-8)10(15)14-3-1-2-13/h4-6H,1,3H2,(H,14,15). The van der Waals surface area contributed by atoms with Gasteiger partial charge in [0.05, 0.1) is 12.5 Å². The van der Waals surface area contributed by atoms with Gasteiger partial charge in [0, 0.05) is 21.6 Å². The minimum absolute atomic E-state index is 0.228. The van der Waals surface area contributed by atoms with Crippen LogP contribution in [0.2, 0.25) is 5.02 Å². The van der Waals surface area contributed by atoms with Gasteiger partial charge >= 0.3 is 0 Å². The number of halogens is 2. The number of carbonyl (C=O) groups excluding carboxylic acids is 1. The summed E-state index contributed by atoms with van der Waals surface area (Å²) in [5, 5.41) is 11.4. The van der Waals surface area contributed by atoms with Gasteiger partial charge in [0.1, 0.15) is 0 Å². The number of nitrogens with one attached hydrogen (secondary N) is 1. The van der Waals surface area contributed by atoms with E-state index < -0.39 is 0 Å². The van der Waals surface area contributed by atoms with Crippen LogP contribution in [0, 0.1) is 11.3 Å². The summed E-state index contributed by atoms with van der Waals surface area (Å²) in [4.78, 5) is 11.5. The maximum atomic E-state index is 11.5. The molecule has 0 aromatic heterocycles. The molecule has 0 unspecified atom stereocenters. The highest BCUT2D eigenvalue weighted by Crippen LogP contribution is 2.19. The molecule has 0 fully saturated rings. The van der Waals surface area contributed by atoms with E-state index in [1.54, 1.807) is 18.2 Å². The summed E-state index contributed by atoms with van der Waals surface area (Å²) in [6.07, 6.45) is 0.299. The van der Waals surface area contributed by atoms with E-state index in [-0.39, 0.29) is 5.91 Å². The highest BCUT2D eigenvalue weighted by molar-refractivity contribution is 9.10. The lowest BCUT2D eigenvalue weighted by Gasteiger charge is -2.03. The van der Waals surface area contributed by atoms with E-state index in [2.05, 4.69) is 21.2 Å². The van der Waals surface area contributed by atoms with Gasteiger partial charge in [-0.3, -0.25) is 4.79 Å². The maximum absolute atomic E-state index is 11.5. The molecule has 3 nitrogen and oxygen atoms in total. The molecular weight excluding hydrogens is 279 g/mol. The monoisotopic (exact) mass is 286 g/mol. The van der Waals surface area contributed by atoms with Crippen LogP contribution in [0.3, 0.4) is 0 Å². The summed E-state index contributed by atoms with van der Waals surface area (Å²) in [5.74, 6) is -0.228. The highest BCUT2D eigenvalue weighted by Gasteiger charge is 2.06. The quantitative estimate of drug-likeness (QED) is 0.869. The van der Waals surface area contributed by atoms with Crippen molar-refractivity contribution >= 4 is 33.4 Å². The van der Waals surface area contributed by atoms with Crippen LogP contribution in [0.5, 0.6) is 0 Å². The van der Waals surface area contributed by atoms with Crippen LogP contribution in [-0.2, 0) is 0 Å². The molecule has 1 aromatic rings. The summed E-state index contributed by atoms with van der Waals surface area (Å²) < 4.78 is 0.750. The van der Waals surface area contributed by atoms with E-state index in [0.29, 0.717) is 23.6 Å². The van der Waals surface area contributed by atoms with Gasteiger partial charge in [-0.05, 0) is 18.2 Å². The number of nitrogens with zero attached hydrogens (tertiary/aromatic N) is 1. The van der Waals surface area contributed by atoms with Gasteiger partial charge in [0.2, 0.25) is 0 Å². The van der Waals surface area contributed by atoms with Gasteiger partial charge in [-0.1, -0.05) is 27.5 Å². The first-order valence-electron chi connectivity index (χ1n) is 4.24. The lowest BCUT2D eigenvalue weighted by Crippen LogP contribution is -2.24. The predicted octanol–water partition coefficient (Wildman–Crippen LogP) is 2.75. The molecule has 0 saturated heterocycles. The fraction of sp³-hybridized carbons (Fsp3) is 0.200. The summed E-state index contributed by atoms with van der Waals surface area (Å²) >= 11 is 9.04. The number of amides is 1. The Balaban J connectivity index is 2.70. The number of hydrogen-bond donors (Lipinski definition) is 1. The van der Waals surface area contributed by atoms with Crippen molar-refractivity contribution in [1.82, 2.24) is 5.32 Å². The van der Waals surface area contributed by atoms with E-state index in [1.807, 2.05) is 6.07 Å². The lowest BCUT2D eigenvalue weighted by molar-refractivity contribution is 0.0954. The molecule has 0 aliphatic carbocycles. The summed E-state index contributed by atoms with van der Waals surface area (Å²) in [7, 11) is 0. The van der Waals surface area contributed by atoms with Crippen molar-refractivity contribution in [2.45, 2.75) is 6.42 Å². The number of carbonyl (C=O) groups is 1. The van der Waals surface area contributed by atoms with Crippen molar-refractivity contribution in [3.05, 3.63) is 33.3 Å². The molecule has 1 rings (SSSR count). The third-order valence-electron chi connectivity index (χ3n) is 1.65. The van der Waals surface area contributed by atoms with Gasteiger partial charge in [0.25, 0.3) is 5.91 Å². The second kappa shape index (κ2) is 5.74.